The van der Waals surface area contributed by atoms with Gasteiger partial charge in [0, 0.05) is 18.8 Å². The molecule has 1 saturated heterocycles. The van der Waals surface area contributed by atoms with Gasteiger partial charge in [0.05, 0.1) is 31.5 Å². The Kier molecular flexibility index (Phi) is 9.71. The van der Waals surface area contributed by atoms with Crippen LogP contribution in [0.15, 0.2) is 53.4 Å². The van der Waals surface area contributed by atoms with E-state index >= 15 is 0 Å². The van der Waals surface area contributed by atoms with E-state index in [2.05, 4.69) is 10.6 Å². The maximum absolute atomic E-state index is 13.5. The topological polar surface area (TPSA) is 123 Å². The van der Waals surface area contributed by atoms with Crippen LogP contribution in [0.2, 0.25) is 5.02 Å². The third kappa shape index (κ3) is 6.83. The number of hydrogen-bond donors (Lipinski definition) is 2. The van der Waals surface area contributed by atoms with Crippen molar-refractivity contribution in [3.05, 3.63) is 59.1 Å². The highest BCUT2D eigenvalue weighted by molar-refractivity contribution is 7.89. The van der Waals surface area contributed by atoms with Gasteiger partial charge in [0.1, 0.15) is 4.90 Å². The van der Waals surface area contributed by atoms with Crippen LogP contribution in [0.4, 0.5) is 10.5 Å². The van der Waals surface area contributed by atoms with E-state index in [4.69, 9.17) is 25.4 Å². The number of morpholine rings is 1. The molecule has 0 aliphatic carbocycles. The lowest BCUT2D eigenvalue weighted by atomic mass is 10.2. The molecule has 192 valence electrons. The minimum Gasteiger partial charge on any atom is -0.379 e. The normalized spacial score (nSPS) is 16.0. The van der Waals surface area contributed by atoms with Gasteiger partial charge in [0.25, 0.3) is 0 Å². The molecule has 1 aliphatic rings. The van der Waals surface area contributed by atoms with Crippen LogP contribution in [-0.2, 0) is 28.4 Å². The quantitative estimate of drug-likeness (QED) is 0.423. The highest BCUT2D eigenvalue weighted by atomic mass is 35.5. The van der Waals surface area contributed by atoms with E-state index in [1.54, 1.807) is 44.2 Å². The van der Waals surface area contributed by atoms with E-state index in [0.717, 1.165) is 0 Å². The Hall–Kier alpha value is -1.98. The fourth-order valence-corrected chi connectivity index (χ4v) is 7.34. The Morgan fingerprint density at radius 1 is 1.11 bits per heavy atom. The van der Waals surface area contributed by atoms with Gasteiger partial charge in [-0.15, -0.1) is 0 Å². The van der Waals surface area contributed by atoms with Crippen molar-refractivity contribution in [3.63, 3.8) is 0 Å². The predicted molar refractivity (Wildman–Crippen MR) is 133 cm³/mol. The predicted octanol–water partition coefficient (Wildman–Crippen LogP) is 4.45. The number of sulfonamides is 1. The molecule has 1 heterocycles. The number of nitrogens with zero attached hydrogens (tertiary/aromatic N) is 1. The fraction of sp³-hybridized carbons (Fsp3) is 0.409. The first-order chi connectivity index (χ1) is 16.7. The highest BCUT2D eigenvalue weighted by Crippen LogP contribution is 2.59. The molecular weight excluding hydrogens is 517 g/mol. The maximum atomic E-state index is 13.5. The molecule has 1 atom stereocenters. The Bertz CT molecular complexity index is 1150. The standard InChI is InChI=1S/C22H29ClN3O7PS/c1-3-32-34(28,33-4-2)21(17-8-6-5-7-9-17)25-22(27)24-18-10-11-19(23)20(16-18)35(29,30)26-12-14-31-15-13-26/h5-11,16,21H,3-4,12-15H2,1-2H3,(H2,24,25,27)/t21-/m1/s1. The van der Waals surface area contributed by atoms with Crippen LogP contribution in [0.25, 0.3) is 0 Å². The van der Waals surface area contributed by atoms with Crippen molar-refractivity contribution < 1.29 is 31.6 Å². The van der Waals surface area contributed by atoms with Gasteiger partial charge in [-0.05, 0) is 37.6 Å². The van der Waals surface area contributed by atoms with Crippen LogP contribution in [0.3, 0.4) is 0 Å². The van der Waals surface area contributed by atoms with Gasteiger partial charge >= 0.3 is 13.6 Å². The molecular formula is C22H29ClN3O7PS. The number of urea groups is 1. The van der Waals surface area contributed by atoms with Crippen LogP contribution in [-0.4, -0.2) is 58.3 Å². The van der Waals surface area contributed by atoms with Gasteiger partial charge in [-0.25, -0.2) is 13.2 Å². The number of anilines is 1. The Balaban J connectivity index is 1.85. The molecule has 0 aromatic heterocycles. The first kappa shape index (κ1) is 27.6. The molecule has 3 rings (SSSR count). The molecule has 10 nitrogen and oxygen atoms in total. The van der Waals surface area contributed by atoms with Gasteiger partial charge in [0.2, 0.25) is 10.0 Å². The van der Waals surface area contributed by atoms with Gasteiger partial charge < -0.3 is 24.4 Å². The second-order valence-corrected chi connectivity index (χ2v) is 11.9. The van der Waals surface area contributed by atoms with Crippen molar-refractivity contribution in [2.24, 2.45) is 0 Å². The number of carbonyl (C=O) groups is 1. The minimum absolute atomic E-state index is 0.0294. The molecule has 13 heteroatoms. The molecule has 0 radical (unpaired) electrons. The molecule has 2 aromatic carbocycles. The Morgan fingerprint density at radius 2 is 1.74 bits per heavy atom. The number of carbonyl (C=O) groups excluding carboxylic acids is 1. The average Bonchev–Trinajstić information content (AvgIpc) is 2.85. The van der Waals surface area contributed by atoms with Crippen molar-refractivity contribution >= 4 is 40.9 Å². The smallest absolute Gasteiger partial charge is 0.357 e. The summed E-state index contributed by atoms with van der Waals surface area (Å²) in [5.41, 5.74) is 0.716. The molecule has 0 saturated carbocycles. The largest absolute Gasteiger partial charge is 0.379 e. The van der Waals surface area contributed by atoms with Crippen LogP contribution in [0.1, 0.15) is 25.2 Å². The van der Waals surface area contributed by atoms with Gasteiger partial charge in [-0.1, -0.05) is 41.9 Å². The molecule has 2 amide bonds. The Labute approximate surface area is 210 Å². The first-order valence-corrected chi connectivity index (χ1v) is 14.5. The molecule has 0 bridgehead atoms. The second-order valence-electron chi connectivity index (χ2n) is 7.45. The van der Waals surface area contributed by atoms with Crippen molar-refractivity contribution in [1.29, 1.82) is 0 Å². The van der Waals surface area contributed by atoms with E-state index in [1.165, 1.54) is 22.5 Å². The lowest BCUT2D eigenvalue weighted by Crippen LogP contribution is -2.40. The highest BCUT2D eigenvalue weighted by Gasteiger charge is 2.38. The summed E-state index contributed by atoms with van der Waals surface area (Å²) in [5, 5.41) is 5.28. The summed E-state index contributed by atoms with van der Waals surface area (Å²) in [5.74, 6) is -1.09. The average molecular weight is 546 g/mol. The van der Waals surface area contributed by atoms with Gasteiger partial charge in [-0.3, -0.25) is 4.57 Å². The summed E-state index contributed by atoms with van der Waals surface area (Å²) in [6.07, 6.45) is 0. The summed E-state index contributed by atoms with van der Waals surface area (Å²) >= 11 is 6.19. The molecule has 0 spiro atoms. The van der Waals surface area contributed by atoms with Crippen LogP contribution in [0.5, 0.6) is 0 Å². The third-order valence-electron chi connectivity index (χ3n) is 5.09. The van der Waals surface area contributed by atoms with Crippen molar-refractivity contribution in [1.82, 2.24) is 9.62 Å². The number of amides is 2. The number of halogens is 1. The number of hydrogen-bond acceptors (Lipinski definition) is 7. The van der Waals surface area contributed by atoms with E-state index in [9.17, 15) is 17.8 Å². The first-order valence-electron chi connectivity index (χ1n) is 11.1. The molecule has 35 heavy (non-hydrogen) atoms. The number of rotatable bonds is 10. The van der Waals surface area contributed by atoms with Crippen molar-refractivity contribution in [3.8, 4) is 0 Å². The molecule has 0 unspecified atom stereocenters. The zero-order valence-corrected chi connectivity index (χ0v) is 21.9. The lowest BCUT2D eigenvalue weighted by Gasteiger charge is -2.28. The number of nitrogens with one attached hydrogen (secondary N) is 2. The third-order valence-corrected chi connectivity index (χ3v) is 9.77. The summed E-state index contributed by atoms with van der Waals surface area (Å²) in [7, 11) is -7.67. The zero-order chi connectivity index (χ0) is 25.5. The molecule has 2 N–H and O–H groups in total. The van der Waals surface area contributed by atoms with E-state index in [0.29, 0.717) is 5.56 Å². The van der Waals surface area contributed by atoms with Crippen LogP contribution >= 0.6 is 19.2 Å². The van der Waals surface area contributed by atoms with Crippen LogP contribution in [0, 0.1) is 0 Å². The summed E-state index contributed by atoms with van der Waals surface area (Å²) in [4.78, 5) is 12.8. The maximum Gasteiger partial charge on any atom is 0.357 e. The summed E-state index contributed by atoms with van der Waals surface area (Å²) in [6, 6.07) is 12.1. The minimum atomic E-state index is -3.89. The summed E-state index contributed by atoms with van der Waals surface area (Å²) < 4.78 is 57.1. The SMILES string of the molecule is CCOP(=O)(OCC)[C@@H](NC(=O)Nc1ccc(Cl)c(S(=O)(=O)N2CCOCC2)c1)c1ccccc1. The molecule has 1 aliphatic heterocycles. The van der Waals surface area contributed by atoms with E-state index < -0.39 is 29.4 Å². The Morgan fingerprint density at radius 3 is 2.34 bits per heavy atom. The monoisotopic (exact) mass is 545 g/mol. The fourth-order valence-electron chi connectivity index (χ4n) is 3.52. The van der Waals surface area contributed by atoms with Crippen molar-refractivity contribution in [2.75, 3.05) is 44.8 Å². The molecule has 2 aromatic rings. The van der Waals surface area contributed by atoms with Crippen molar-refractivity contribution in [2.45, 2.75) is 24.5 Å². The lowest BCUT2D eigenvalue weighted by molar-refractivity contribution is 0.0730. The van der Waals surface area contributed by atoms with E-state index in [1.807, 2.05) is 0 Å². The molecule has 1 fully saturated rings. The second kappa shape index (κ2) is 12.3. The number of benzene rings is 2. The van der Waals surface area contributed by atoms with Gasteiger partial charge in [-0.2, -0.15) is 4.31 Å². The van der Waals surface area contributed by atoms with E-state index in [-0.39, 0.29) is 55.1 Å². The zero-order valence-electron chi connectivity index (χ0n) is 19.5. The number of ether oxygens (including phenoxy) is 1. The summed E-state index contributed by atoms with van der Waals surface area (Å²) in [6.45, 7) is 4.58. The van der Waals surface area contributed by atoms with Crippen LogP contribution < -0.4 is 10.6 Å². The van der Waals surface area contributed by atoms with Gasteiger partial charge in [0.15, 0.2) is 5.78 Å².